The summed E-state index contributed by atoms with van der Waals surface area (Å²) >= 11 is 6.41. The smallest absolute Gasteiger partial charge is 0.263 e. The number of ether oxygens (including phenoxy) is 2. The minimum absolute atomic E-state index is 0.0818. The maximum atomic E-state index is 17.5. The van der Waals surface area contributed by atoms with Gasteiger partial charge in [0, 0.05) is 103 Å². The molecule has 1 aliphatic carbocycles. The standard InChI is InChI=1S/C59H75ClF2N8O3/c1-10-58-51-29-43(26-38-14-12-11-13-15-38)54(58)67(6)36(2)31-63-50-30-45(27-39-16-22-44(60)23-17-39)68(7)55-47(35-72-9)65-53(59(50,55)57(58)71)37(3)70(51)33-42-19-18-41(56(61)62)28-49(42)73-46-24-20-40(21-25-46)48-32-64-52(69(48)8)34-66(4)5/h11-25,28,32,36-37,43,45,47,50-51,53-56,63,65H,10,26-27,29-31,33-35H2,1-9H3/t36-,37+,43+,45-,47+,50?,51?,53?,54?,55?,58?,59?/m0/s1. The van der Waals surface area contributed by atoms with Gasteiger partial charge in [0.2, 0.25) is 0 Å². The van der Waals surface area contributed by atoms with Crippen molar-refractivity contribution in [2.45, 2.75) is 127 Å². The van der Waals surface area contributed by atoms with Crippen LogP contribution in [0.2, 0.25) is 5.02 Å². The van der Waals surface area contributed by atoms with Gasteiger partial charge in [-0.3, -0.25) is 19.5 Å². The van der Waals surface area contributed by atoms with E-state index >= 15 is 4.79 Å². The van der Waals surface area contributed by atoms with E-state index in [-0.39, 0.29) is 65.9 Å². The Balaban J connectivity index is 1.10. The number of likely N-dealkylation sites (tertiary alicyclic amines) is 2. The van der Waals surface area contributed by atoms with Crippen molar-refractivity contribution in [2.24, 2.45) is 23.8 Å². The van der Waals surface area contributed by atoms with Gasteiger partial charge in [0.1, 0.15) is 17.3 Å². The number of carbonyl (C=O) groups is 1. The van der Waals surface area contributed by atoms with Gasteiger partial charge in [-0.2, -0.15) is 0 Å². The number of nitrogens with one attached hydrogen (secondary N) is 2. The van der Waals surface area contributed by atoms with E-state index in [1.54, 1.807) is 13.2 Å². The van der Waals surface area contributed by atoms with Crippen LogP contribution >= 0.6 is 11.6 Å². The number of aromatic nitrogens is 2. The van der Waals surface area contributed by atoms with Crippen molar-refractivity contribution >= 4 is 17.4 Å². The van der Waals surface area contributed by atoms with E-state index in [0.29, 0.717) is 48.4 Å². The molecule has 2 bridgehead atoms. The Morgan fingerprint density at radius 2 is 1.63 bits per heavy atom. The topological polar surface area (TPSA) is 90.4 Å². The molecule has 4 aromatic carbocycles. The summed E-state index contributed by atoms with van der Waals surface area (Å²) in [6, 6.07) is 30.7. The van der Waals surface area contributed by atoms with E-state index in [4.69, 9.17) is 21.1 Å². The molecule has 1 spiro atoms. The van der Waals surface area contributed by atoms with E-state index in [1.807, 2.05) is 69.8 Å². The Kier molecular flexibility index (Phi) is 14.8. The second-order valence-electron chi connectivity index (χ2n) is 22.4. The molecule has 73 heavy (non-hydrogen) atoms. The average molecular weight is 1020 g/mol. The largest absolute Gasteiger partial charge is 0.457 e. The van der Waals surface area contributed by atoms with Crippen molar-refractivity contribution in [1.29, 1.82) is 0 Å². The van der Waals surface area contributed by atoms with E-state index in [9.17, 15) is 8.78 Å². The fourth-order valence-electron chi connectivity index (χ4n) is 14.9. The third kappa shape index (κ3) is 9.07. The molecular formula is C59H75ClF2N8O3. The Bertz CT molecular complexity index is 2730. The monoisotopic (exact) mass is 1020 g/mol. The number of hydrogen-bond donors (Lipinski definition) is 2. The highest BCUT2D eigenvalue weighted by atomic mass is 35.5. The van der Waals surface area contributed by atoms with Gasteiger partial charge in [-0.1, -0.05) is 73.1 Å². The molecule has 390 valence electrons. The second kappa shape index (κ2) is 20.9. The van der Waals surface area contributed by atoms with Crippen LogP contribution in [0.1, 0.15) is 74.5 Å². The molecule has 5 aliphatic rings. The number of alkyl halides is 2. The number of likely N-dealkylation sites (N-methyl/N-ethyl adjacent to an activating group) is 2. The predicted octanol–water partition coefficient (Wildman–Crippen LogP) is 9.28. The lowest BCUT2D eigenvalue weighted by Crippen LogP contribution is -2.73. The summed E-state index contributed by atoms with van der Waals surface area (Å²) in [7, 11) is 12.3. The van der Waals surface area contributed by atoms with Crippen LogP contribution in [0.5, 0.6) is 11.5 Å². The van der Waals surface area contributed by atoms with Gasteiger partial charge in [-0.25, -0.2) is 13.8 Å². The summed E-state index contributed by atoms with van der Waals surface area (Å²) in [5, 5.41) is 9.08. The maximum absolute atomic E-state index is 17.5. The second-order valence-corrected chi connectivity index (χ2v) is 22.8. The van der Waals surface area contributed by atoms with Crippen LogP contribution in [0.25, 0.3) is 11.3 Å². The van der Waals surface area contributed by atoms with E-state index in [2.05, 4.69) is 117 Å². The van der Waals surface area contributed by atoms with Crippen molar-refractivity contribution in [1.82, 2.24) is 39.8 Å². The molecule has 5 aromatic rings. The number of benzene rings is 4. The van der Waals surface area contributed by atoms with Crippen molar-refractivity contribution < 1.29 is 23.0 Å². The Hall–Kier alpha value is -4.57. The molecule has 5 fully saturated rings. The van der Waals surface area contributed by atoms with Crippen LogP contribution in [-0.2, 0) is 42.5 Å². The first-order valence-electron chi connectivity index (χ1n) is 26.5. The first-order chi connectivity index (χ1) is 35.1. The molecule has 4 aliphatic heterocycles. The van der Waals surface area contributed by atoms with E-state index in [1.165, 1.54) is 17.2 Å². The predicted molar refractivity (Wildman–Crippen MR) is 285 cm³/mol. The van der Waals surface area contributed by atoms with Crippen molar-refractivity contribution in [2.75, 3.05) is 48.5 Å². The van der Waals surface area contributed by atoms with Crippen LogP contribution in [0.15, 0.2) is 103 Å². The maximum Gasteiger partial charge on any atom is 0.263 e. The van der Waals surface area contributed by atoms with Crippen LogP contribution in [-0.4, -0.2) is 138 Å². The summed E-state index contributed by atoms with van der Waals surface area (Å²) in [6.45, 7) is 9.19. The fourth-order valence-corrected chi connectivity index (χ4v) is 15.0. The summed E-state index contributed by atoms with van der Waals surface area (Å²) in [4.78, 5) is 31.9. The van der Waals surface area contributed by atoms with Gasteiger partial charge >= 0.3 is 0 Å². The number of methoxy groups -OCH3 is 1. The Morgan fingerprint density at radius 1 is 0.904 bits per heavy atom. The number of Topliss-reactive ketones (excluding diaryl/α,β-unsaturated/α-hetero) is 1. The molecule has 10 rings (SSSR count). The number of hydrogen-bond acceptors (Lipinski definition) is 10. The Labute approximate surface area is 436 Å². The molecule has 7 unspecified atom stereocenters. The zero-order chi connectivity index (χ0) is 51.5. The lowest BCUT2D eigenvalue weighted by atomic mass is 9.54. The lowest BCUT2D eigenvalue weighted by molar-refractivity contribution is -0.154. The molecule has 0 radical (unpaired) electrons. The van der Waals surface area contributed by atoms with Crippen molar-refractivity contribution in [3.63, 3.8) is 0 Å². The Morgan fingerprint density at radius 3 is 2.32 bits per heavy atom. The van der Waals surface area contributed by atoms with Crippen LogP contribution in [0, 0.1) is 16.7 Å². The summed E-state index contributed by atoms with van der Waals surface area (Å²) in [6.07, 6.45) is 3.10. The molecule has 2 N–H and O–H groups in total. The summed E-state index contributed by atoms with van der Waals surface area (Å²) in [5.41, 5.74) is 3.46. The molecule has 4 saturated heterocycles. The highest BCUT2D eigenvalue weighted by Gasteiger charge is 2.77. The van der Waals surface area contributed by atoms with Gasteiger partial charge in [0.05, 0.1) is 35.9 Å². The van der Waals surface area contributed by atoms with Gasteiger partial charge in [0.15, 0.2) is 5.78 Å². The molecule has 11 nitrogen and oxygen atoms in total. The van der Waals surface area contributed by atoms with Crippen molar-refractivity contribution in [3.8, 4) is 22.8 Å². The number of rotatable bonds is 15. The number of piperidine rings is 1. The number of carbonyl (C=O) groups excluding carboxylic acids is 1. The first-order valence-corrected chi connectivity index (χ1v) is 26.8. The molecular weight excluding hydrogens is 942 g/mol. The lowest BCUT2D eigenvalue weighted by Gasteiger charge is -2.57. The van der Waals surface area contributed by atoms with Crippen LogP contribution in [0.4, 0.5) is 8.78 Å². The SMILES string of the molecule is CCC12C(=O)C34C5C[C@H](Cc6ccc(Cl)cc6)N(C)C3[C@@H](COC)NC4[C@@H](C)N(Cc3ccc(C(F)F)cc3Oc3ccc(-c4cnc(CN(C)C)n4C)cc3)C1C[C@@H](Cc1ccccc1)C2N(C)[C@@H](C)CN5. The number of halogens is 3. The molecule has 0 amide bonds. The minimum Gasteiger partial charge on any atom is -0.457 e. The third-order valence-electron chi connectivity index (χ3n) is 18.3. The highest BCUT2D eigenvalue weighted by molar-refractivity contribution is 6.30. The first kappa shape index (κ1) is 51.9. The van der Waals surface area contributed by atoms with Gasteiger partial charge in [0.25, 0.3) is 6.43 Å². The molecule has 1 aromatic heterocycles. The normalized spacial score (nSPS) is 31.6. The third-order valence-corrected chi connectivity index (χ3v) is 18.5. The average Bonchev–Trinajstić information content (AvgIpc) is 4.02. The van der Waals surface area contributed by atoms with Gasteiger partial charge < -0.3 is 29.6 Å². The molecule has 1 saturated carbocycles. The van der Waals surface area contributed by atoms with Crippen molar-refractivity contribution in [3.05, 3.63) is 136 Å². The number of imidazole rings is 1. The van der Waals surface area contributed by atoms with Crippen LogP contribution < -0.4 is 15.4 Å². The fraction of sp³-hybridized carbons (Fsp3) is 0.525. The zero-order valence-electron chi connectivity index (χ0n) is 44.1. The van der Waals surface area contributed by atoms with E-state index in [0.717, 1.165) is 54.9 Å². The number of ketones is 1. The molecule has 12 atom stereocenters. The summed E-state index contributed by atoms with van der Waals surface area (Å²) in [5.74, 6) is 2.39. The zero-order valence-corrected chi connectivity index (χ0v) is 44.8. The number of nitrogens with zero attached hydrogens (tertiary/aromatic N) is 6. The van der Waals surface area contributed by atoms with Crippen LogP contribution in [0.3, 0.4) is 0 Å². The minimum atomic E-state index is -2.69. The summed E-state index contributed by atoms with van der Waals surface area (Å²) < 4.78 is 44.5. The molecule has 14 heteroatoms. The van der Waals surface area contributed by atoms with Gasteiger partial charge in [-0.15, -0.1) is 0 Å². The quantitative estimate of drug-likeness (QED) is 0.106. The van der Waals surface area contributed by atoms with E-state index < -0.39 is 17.3 Å². The van der Waals surface area contributed by atoms with Gasteiger partial charge in [-0.05, 0) is 134 Å². The molecule has 5 heterocycles. The highest BCUT2D eigenvalue weighted by Crippen LogP contribution is 2.63.